The van der Waals surface area contributed by atoms with Crippen molar-refractivity contribution in [1.82, 2.24) is 24.7 Å². The zero-order chi connectivity index (χ0) is 10.7. The summed E-state index contributed by atoms with van der Waals surface area (Å²) in [6, 6.07) is 0. The van der Waals surface area contributed by atoms with E-state index in [1.54, 1.807) is 23.3 Å². The van der Waals surface area contributed by atoms with Crippen LogP contribution in [0.2, 0.25) is 0 Å². The fraction of sp³-hybridized carbons (Fsp3) is 0.333. The molecular weight excluding hydrogens is 194 g/mol. The van der Waals surface area contributed by atoms with E-state index in [0.29, 0.717) is 12.4 Å². The van der Waals surface area contributed by atoms with E-state index in [-0.39, 0.29) is 6.61 Å². The minimum absolute atomic E-state index is 0.126. The van der Waals surface area contributed by atoms with Crippen LogP contribution in [-0.2, 0) is 13.2 Å². The largest absolute Gasteiger partial charge is 0.388 e. The summed E-state index contributed by atoms with van der Waals surface area (Å²) in [7, 11) is 0. The van der Waals surface area contributed by atoms with Gasteiger partial charge in [0, 0.05) is 6.20 Å². The van der Waals surface area contributed by atoms with Gasteiger partial charge in [0.05, 0.1) is 24.1 Å². The SMILES string of the molecule is Cc1cnc(Cn2cnnc2CO)cn1. The van der Waals surface area contributed by atoms with Gasteiger partial charge in [-0.3, -0.25) is 9.97 Å². The lowest BCUT2D eigenvalue weighted by atomic mass is 10.4. The van der Waals surface area contributed by atoms with E-state index in [4.69, 9.17) is 5.11 Å². The van der Waals surface area contributed by atoms with Gasteiger partial charge >= 0.3 is 0 Å². The zero-order valence-electron chi connectivity index (χ0n) is 8.33. The highest BCUT2D eigenvalue weighted by molar-refractivity contribution is 5.02. The molecule has 2 aromatic rings. The maximum atomic E-state index is 8.97. The summed E-state index contributed by atoms with van der Waals surface area (Å²) in [6.07, 6.45) is 4.97. The molecule has 0 aliphatic heterocycles. The first-order valence-electron chi connectivity index (χ1n) is 4.54. The first-order chi connectivity index (χ1) is 7.29. The van der Waals surface area contributed by atoms with Crippen molar-refractivity contribution >= 4 is 0 Å². The van der Waals surface area contributed by atoms with Gasteiger partial charge in [0.15, 0.2) is 5.82 Å². The van der Waals surface area contributed by atoms with Crippen LogP contribution in [0.3, 0.4) is 0 Å². The van der Waals surface area contributed by atoms with Gasteiger partial charge in [0.25, 0.3) is 0 Å². The number of rotatable bonds is 3. The fourth-order valence-corrected chi connectivity index (χ4v) is 1.21. The predicted octanol–water partition coefficient (Wildman–Crippen LogP) is -0.0829. The van der Waals surface area contributed by atoms with Crippen LogP contribution in [0.5, 0.6) is 0 Å². The molecule has 0 aliphatic carbocycles. The molecule has 2 aromatic heterocycles. The Labute approximate surface area is 86.6 Å². The molecular formula is C9H11N5O. The van der Waals surface area contributed by atoms with Crippen LogP contribution in [0.1, 0.15) is 17.2 Å². The van der Waals surface area contributed by atoms with E-state index in [9.17, 15) is 0 Å². The summed E-state index contributed by atoms with van der Waals surface area (Å²) in [6.45, 7) is 2.28. The van der Waals surface area contributed by atoms with E-state index < -0.39 is 0 Å². The van der Waals surface area contributed by atoms with Gasteiger partial charge in [0.2, 0.25) is 0 Å². The van der Waals surface area contributed by atoms with Crippen LogP contribution in [0, 0.1) is 6.92 Å². The first-order valence-corrected chi connectivity index (χ1v) is 4.54. The number of nitrogens with zero attached hydrogens (tertiary/aromatic N) is 5. The Morgan fingerprint density at radius 3 is 2.87 bits per heavy atom. The smallest absolute Gasteiger partial charge is 0.158 e. The average Bonchev–Trinajstić information content (AvgIpc) is 2.69. The molecule has 0 amide bonds. The topological polar surface area (TPSA) is 76.7 Å². The molecule has 2 heterocycles. The van der Waals surface area contributed by atoms with Crippen molar-refractivity contribution in [3.05, 3.63) is 35.9 Å². The van der Waals surface area contributed by atoms with Gasteiger partial charge in [-0.05, 0) is 6.92 Å². The van der Waals surface area contributed by atoms with Crippen LogP contribution >= 0.6 is 0 Å². The van der Waals surface area contributed by atoms with Crippen LogP contribution in [0.15, 0.2) is 18.7 Å². The van der Waals surface area contributed by atoms with Crippen molar-refractivity contribution in [1.29, 1.82) is 0 Å². The zero-order valence-corrected chi connectivity index (χ0v) is 8.33. The molecule has 0 fully saturated rings. The third-order valence-corrected chi connectivity index (χ3v) is 2.00. The molecule has 0 saturated carbocycles. The summed E-state index contributed by atoms with van der Waals surface area (Å²) in [5, 5.41) is 16.4. The molecule has 15 heavy (non-hydrogen) atoms. The Kier molecular flexibility index (Phi) is 2.68. The molecule has 78 valence electrons. The molecule has 0 aromatic carbocycles. The van der Waals surface area contributed by atoms with Gasteiger partial charge in [0.1, 0.15) is 12.9 Å². The van der Waals surface area contributed by atoms with E-state index >= 15 is 0 Å². The molecule has 0 atom stereocenters. The highest BCUT2D eigenvalue weighted by Gasteiger charge is 2.03. The molecule has 1 N–H and O–H groups in total. The lowest BCUT2D eigenvalue weighted by Crippen LogP contribution is -2.06. The van der Waals surface area contributed by atoms with E-state index in [0.717, 1.165) is 11.4 Å². The Balaban J connectivity index is 2.18. The standard InChI is InChI=1S/C9H11N5O/c1-7-2-11-8(3-10-7)4-14-6-12-13-9(14)5-15/h2-3,6,15H,4-5H2,1H3. The first kappa shape index (κ1) is 9.72. The van der Waals surface area contributed by atoms with Crippen molar-refractivity contribution in [3.8, 4) is 0 Å². The number of aliphatic hydroxyl groups is 1. The van der Waals surface area contributed by atoms with Gasteiger partial charge in [-0.1, -0.05) is 0 Å². The molecule has 0 unspecified atom stereocenters. The molecule has 0 aliphatic rings. The van der Waals surface area contributed by atoms with Crippen LogP contribution in [0.4, 0.5) is 0 Å². The lowest BCUT2D eigenvalue weighted by molar-refractivity contribution is 0.265. The Hall–Kier alpha value is -1.82. The van der Waals surface area contributed by atoms with Gasteiger partial charge < -0.3 is 9.67 Å². The van der Waals surface area contributed by atoms with Crippen molar-refractivity contribution in [3.63, 3.8) is 0 Å². The number of hydrogen-bond acceptors (Lipinski definition) is 5. The lowest BCUT2D eigenvalue weighted by Gasteiger charge is -2.03. The second-order valence-electron chi connectivity index (χ2n) is 3.18. The normalized spacial score (nSPS) is 10.5. The van der Waals surface area contributed by atoms with Crippen molar-refractivity contribution in [2.24, 2.45) is 0 Å². The van der Waals surface area contributed by atoms with Gasteiger partial charge in [-0.2, -0.15) is 0 Å². The Morgan fingerprint density at radius 1 is 1.33 bits per heavy atom. The molecule has 0 radical (unpaired) electrons. The van der Waals surface area contributed by atoms with Crippen molar-refractivity contribution < 1.29 is 5.11 Å². The third-order valence-electron chi connectivity index (χ3n) is 2.00. The van der Waals surface area contributed by atoms with Crippen LogP contribution in [-0.4, -0.2) is 29.8 Å². The number of aromatic nitrogens is 5. The predicted molar refractivity (Wildman–Crippen MR) is 51.8 cm³/mol. The molecule has 6 heteroatoms. The summed E-state index contributed by atoms with van der Waals surface area (Å²) < 4.78 is 1.74. The third kappa shape index (κ3) is 2.16. The summed E-state index contributed by atoms with van der Waals surface area (Å²) >= 11 is 0. The van der Waals surface area contributed by atoms with Crippen molar-refractivity contribution in [2.75, 3.05) is 0 Å². The van der Waals surface area contributed by atoms with Gasteiger partial charge in [-0.25, -0.2) is 0 Å². The van der Waals surface area contributed by atoms with Crippen LogP contribution < -0.4 is 0 Å². The maximum Gasteiger partial charge on any atom is 0.158 e. The van der Waals surface area contributed by atoms with E-state index in [1.165, 1.54) is 0 Å². The number of hydrogen-bond donors (Lipinski definition) is 1. The Bertz CT molecular complexity index is 436. The monoisotopic (exact) mass is 205 g/mol. The quantitative estimate of drug-likeness (QED) is 0.758. The number of aliphatic hydroxyl groups excluding tert-OH is 1. The molecule has 0 saturated heterocycles. The Morgan fingerprint density at radius 2 is 2.20 bits per heavy atom. The maximum absolute atomic E-state index is 8.97. The van der Waals surface area contributed by atoms with Crippen molar-refractivity contribution in [2.45, 2.75) is 20.1 Å². The molecule has 0 spiro atoms. The highest BCUT2D eigenvalue weighted by Crippen LogP contribution is 2.01. The molecule has 2 rings (SSSR count). The highest BCUT2D eigenvalue weighted by atomic mass is 16.3. The van der Waals surface area contributed by atoms with E-state index in [2.05, 4.69) is 20.2 Å². The second-order valence-corrected chi connectivity index (χ2v) is 3.18. The fourth-order valence-electron chi connectivity index (χ4n) is 1.21. The minimum Gasteiger partial charge on any atom is -0.388 e. The summed E-state index contributed by atoms with van der Waals surface area (Å²) in [5.74, 6) is 0.525. The minimum atomic E-state index is -0.126. The van der Waals surface area contributed by atoms with Crippen LogP contribution in [0.25, 0.3) is 0 Å². The summed E-state index contributed by atoms with van der Waals surface area (Å²) in [4.78, 5) is 8.34. The van der Waals surface area contributed by atoms with E-state index in [1.807, 2.05) is 6.92 Å². The average molecular weight is 205 g/mol. The summed E-state index contributed by atoms with van der Waals surface area (Å²) in [5.41, 5.74) is 1.69. The second kappa shape index (κ2) is 4.14. The molecule has 0 bridgehead atoms. The molecule has 6 nitrogen and oxygen atoms in total. The van der Waals surface area contributed by atoms with Gasteiger partial charge in [-0.15, -0.1) is 10.2 Å². The number of aryl methyl sites for hydroxylation is 1.